The molecule has 2 nitrogen and oxygen atoms in total. The molecule has 4 aromatic rings. The minimum atomic E-state index is 0.446. The first-order valence-electron chi connectivity index (χ1n) is 8.99. The van der Waals surface area contributed by atoms with Gasteiger partial charge in [-0.2, -0.15) is 11.8 Å². The molecular formula is C22H18N2S3. The number of thiophene rings is 2. The molecule has 1 aromatic carbocycles. The summed E-state index contributed by atoms with van der Waals surface area (Å²) in [5, 5.41) is 4.30. The molecule has 27 heavy (non-hydrogen) atoms. The topological polar surface area (TPSA) is 25.8 Å². The fourth-order valence-corrected chi connectivity index (χ4v) is 6.22. The summed E-state index contributed by atoms with van der Waals surface area (Å²) < 4.78 is 0. The predicted octanol–water partition coefficient (Wildman–Crippen LogP) is 6.51. The van der Waals surface area contributed by atoms with Gasteiger partial charge in [-0.1, -0.05) is 42.5 Å². The Labute approximate surface area is 171 Å². The van der Waals surface area contributed by atoms with Gasteiger partial charge < -0.3 is 0 Å². The molecule has 1 atom stereocenters. The van der Waals surface area contributed by atoms with Gasteiger partial charge in [-0.25, -0.2) is 9.97 Å². The van der Waals surface area contributed by atoms with E-state index >= 15 is 0 Å². The molecule has 5 rings (SSSR count). The van der Waals surface area contributed by atoms with Crippen LogP contribution in [0.25, 0.3) is 22.0 Å². The van der Waals surface area contributed by atoms with Crippen LogP contribution in [-0.2, 0) is 12.2 Å². The second-order valence-corrected chi connectivity index (χ2v) is 9.61. The van der Waals surface area contributed by atoms with Gasteiger partial charge in [0.1, 0.15) is 0 Å². The van der Waals surface area contributed by atoms with Crippen molar-refractivity contribution >= 4 is 34.4 Å². The van der Waals surface area contributed by atoms with Crippen molar-refractivity contribution < 1.29 is 0 Å². The van der Waals surface area contributed by atoms with E-state index in [0.717, 1.165) is 35.0 Å². The lowest BCUT2D eigenvalue weighted by atomic mass is 9.96. The lowest BCUT2D eigenvalue weighted by Crippen LogP contribution is -2.17. The maximum Gasteiger partial charge on any atom is 0.160 e. The van der Waals surface area contributed by atoms with E-state index in [1.165, 1.54) is 21.0 Å². The van der Waals surface area contributed by atoms with Crippen LogP contribution in [0.2, 0.25) is 0 Å². The van der Waals surface area contributed by atoms with Crippen molar-refractivity contribution in [1.29, 1.82) is 0 Å². The number of nitrogens with zero attached hydrogens (tertiary/aromatic N) is 2. The summed E-state index contributed by atoms with van der Waals surface area (Å²) >= 11 is 5.61. The third-order valence-corrected chi connectivity index (χ3v) is 7.71. The maximum atomic E-state index is 5.10. The van der Waals surface area contributed by atoms with Gasteiger partial charge in [-0.15, -0.1) is 22.7 Å². The van der Waals surface area contributed by atoms with Crippen LogP contribution in [0.15, 0.2) is 65.4 Å². The standard InChI is InChI=1S/C22H18N2S3/c1-2-6-15(7-3-1)22-23-20-16(12-17-8-4-10-26-17)13-25-14-18(20)21(24-22)19-9-5-11-27-19/h1-11,16H,12-14H2. The summed E-state index contributed by atoms with van der Waals surface area (Å²) in [6, 6.07) is 19.0. The van der Waals surface area contributed by atoms with Crippen molar-refractivity contribution in [3.63, 3.8) is 0 Å². The molecular weight excluding hydrogens is 388 g/mol. The van der Waals surface area contributed by atoms with Crippen LogP contribution < -0.4 is 0 Å². The van der Waals surface area contributed by atoms with Gasteiger partial charge in [0.05, 0.1) is 16.3 Å². The lowest BCUT2D eigenvalue weighted by molar-refractivity contribution is 0.728. The molecule has 0 saturated carbocycles. The highest BCUT2D eigenvalue weighted by molar-refractivity contribution is 7.98. The first-order chi connectivity index (χ1) is 13.4. The molecule has 1 aliphatic heterocycles. The first-order valence-corrected chi connectivity index (χ1v) is 11.9. The van der Waals surface area contributed by atoms with Gasteiger partial charge in [0, 0.05) is 33.4 Å². The monoisotopic (exact) mass is 406 g/mol. The maximum absolute atomic E-state index is 5.10. The smallest absolute Gasteiger partial charge is 0.160 e. The number of fused-ring (bicyclic) bond motifs is 1. The Morgan fingerprint density at radius 3 is 2.52 bits per heavy atom. The average Bonchev–Trinajstić information content (AvgIpc) is 3.42. The minimum absolute atomic E-state index is 0.446. The van der Waals surface area contributed by atoms with Gasteiger partial charge in [-0.3, -0.25) is 0 Å². The zero-order chi connectivity index (χ0) is 18.1. The number of rotatable bonds is 4. The predicted molar refractivity (Wildman–Crippen MR) is 118 cm³/mol. The van der Waals surface area contributed by atoms with Crippen molar-refractivity contribution in [2.24, 2.45) is 0 Å². The van der Waals surface area contributed by atoms with Crippen LogP contribution in [0.4, 0.5) is 0 Å². The van der Waals surface area contributed by atoms with E-state index < -0.39 is 0 Å². The van der Waals surface area contributed by atoms with Gasteiger partial charge in [-0.05, 0) is 29.3 Å². The van der Waals surface area contributed by atoms with E-state index in [2.05, 4.69) is 59.3 Å². The summed E-state index contributed by atoms with van der Waals surface area (Å²) in [6.07, 6.45) is 1.06. The van der Waals surface area contributed by atoms with Crippen LogP contribution >= 0.6 is 34.4 Å². The molecule has 3 aromatic heterocycles. The molecule has 1 aliphatic rings. The lowest BCUT2D eigenvalue weighted by Gasteiger charge is -2.26. The first kappa shape index (κ1) is 17.2. The highest BCUT2D eigenvalue weighted by atomic mass is 32.2. The van der Waals surface area contributed by atoms with Crippen molar-refractivity contribution in [3.8, 4) is 22.0 Å². The van der Waals surface area contributed by atoms with Crippen LogP contribution in [0.5, 0.6) is 0 Å². The summed E-state index contributed by atoms with van der Waals surface area (Å²) in [7, 11) is 0. The molecule has 1 unspecified atom stereocenters. The SMILES string of the molecule is c1ccc(-c2nc(-c3cccs3)c3c(n2)C(Cc2cccs2)CSC3)cc1. The summed E-state index contributed by atoms with van der Waals surface area (Å²) in [5.41, 5.74) is 4.79. The fraction of sp³-hybridized carbons (Fsp3) is 0.182. The van der Waals surface area contributed by atoms with E-state index in [9.17, 15) is 0 Å². The van der Waals surface area contributed by atoms with Gasteiger partial charge >= 0.3 is 0 Å². The number of thioether (sulfide) groups is 1. The molecule has 0 aliphatic carbocycles. The van der Waals surface area contributed by atoms with Gasteiger partial charge in [0.2, 0.25) is 0 Å². The van der Waals surface area contributed by atoms with Crippen molar-refractivity contribution in [3.05, 3.63) is 81.5 Å². The Kier molecular flexibility index (Phi) is 4.82. The van der Waals surface area contributed by atoms with Crippen LogP contribution in [0.3, 0.4) is 0 Å². The number of hydrogen-bond acceptors (Lipinski definition) is 5. The minimum Gasteiger partial charge on any atom is -0.232 e. The highest BCUT2D eigenvalue weighted by Gasteiger charge is 2.27. The van der Waals surface area contributed by atoms with Crippen molar-refractivity contribution in [1.82, 2.24) is 9.97 Å². The molecule has 0 spiro atoms. The molecule has 0 saturated heterocycles. The Morgan fingerprint density at radius 1 is 0.889 bits per heavy atom. The Hall–Kier alpha value is -1.95. The second-order valence-electron chi connectivity index (χ2n) is 6.60. The number of aromatic nitrogens is 2. The van der Waals surface area contributed by atoms with Gasteiger partial charge in [0.25, 0.3) is 0 Å². The third kappa shape index (κ3) is 3.47. The van der Waals surface area contributed by atoms with E-state index in [1.54, 1.807) is 11.3 Å². The Morgan fingerprint density at radius 2 is 1.74 bits per heavy atom. The number of hydrogen-bond donors (Lipinski definition) is 0. The fourth-order valence-electron chi connectivity index (χ4n) is 3.52. The molecule has 4 heterocycles. The molecule has 0 N–H and O–H groups in total. The van der Waals surface area contributed by atoms with Crippen LogP contribution in [-0.4, -0.2) is 15.7 Å². The van der Waals surface area contributed by atoms with Crippen molar-refractivity contribution in [2.75, 3.05) is 5.75 Å². The third-order valence-electron chi connectivity index (χ3n) is 4.81. The normalized spacial score (nSPS) is 16.2. The van der Waals surface area contributed by atoms with E-state index in [1.807, 2.05) is 29.2 Å². The van der Waals surface area contributed by atoms with Gasteiger partial charge in [0.15, 0.2) is 5.82 Å². The largest absolute Gasteiger partial charge is 0.232 e. The second kappa shape index (κ2) is 7.58. The Balaban J connectivity index is 1.66. The van der Waals surface area contributed by atoms with Crippen LogP contribution in [0.1, 0.15) is 22.1 Å². The molecule has 0 amide bonds. The molecule has 0 bridgehead atoms. The van der Waals surface area contributed by atoms with Crippen molar-refractivity contribution in [2.45, 2.75) is 18.1 Å². The summed E-state index contributed by atoms with van der Waals surface area (Å²) in [5.74, 6) is 3.42. The molecule has 0 fully saturated rings. The Bertz CT molecular complexity index is 1030. The average molecular weight is 407 g/mol. The quantitative estimate of drug-likeness (QED) is 0.386. The zero-order valence-electron chi connectivity index (χ0n) is 14.7. The molecule has 134 valence electrons. The highest BCUT2D eigenvalue weighted by Crippen LogP contribution is 2.41. The van der Waals surface area contributed by atoms with Crippen LogP contribution in [0, 0.1) is 0 Å². The van der Waals surface area contributed by atoms with E-state index in [0.29, 0.717) is 5.92 Å². The van der Waals surface area contributed by atoms with E-state index in [-0.39, 0.29) is 0 Å². The number of benzene rings is 1. The zero-order valence-corrected chi connectivity index (χ0v) is 17.1. The summed E-state index contributed by atoms with van der Waals surface area (Å²) in [6.45, 7) is 0. The van der Waals surface area contributed by atoms with E-state index in [4.69, 9.17) is 9.97 Å². The summed E-state index contributed by atoms with van der Waals surface area (Å²) in [4.78, 5) is 12.8. The molecule has 5 heteroatoms. The molecule has 0 radical (unpaired) electrons.